The number of alkyl halides is 3. The fourth-order valence-corrected chi connectivity index (χ4v) is 4.31. The van der Waals surface area contributed by atoms with Gasteiger partial charge in [0.05, 0.1) is 12.7 Å². The van der Waals surface area contributed by atoms with E-state index in [1.165, 1.54) is 11.3 Å². The minimum absolute atomic E-state index is 0.0618. The summed E-state index contributed by atoms with van der Waals surface area (Å²) in [5.41, 5.74) is 6.23. The number of hydrogen-bond donors (Lipinski definition) is 2. The van der Waals surface area contributed by atoms with Crippen molar-refractivity contribution in [3.05, 3.63) is 36.2 Å². The zero-order valence-corrected chi connectivity index (χ0v) is 18.9. The third kappa shape index (κ3) is 6.49. The molecule has 0 bridgehead atoms. The van der Waals surface area contributed by atoms with Crippen LogP contribution in [0, 0.1) is 0 Å². The van der Waals surface area contributed by atoms with E-state index in [0.29, 0.717) is 49.0 Å². The first-order chi connectivity index (χ1) is 16.3. The maximum absolute atomic E-state index is 12.5. The molecule has 0 spiro atoms. The van der Waals surface area contributed by atoms with Crippen molar-refractivity contribution in [1.82, 2.24) is 14.9 Å². The Morgan fingerprint density at radius 2 is 1.76 bits per heavy atom. The van der Waals surface area contributed by atoms with E-state index in [1.807, 2.05) is 0 Å². The zero-order valence-electron chi connectivity index (χ0n) is 18.9. The molecular formula is C23H29F3N6O2. The van der Waals surface area contributed by atoms with Crippen LogP contribution in [0.2, 0.25) is 0 Å². The van der Waals surface area contributed by atoms with Crippen LogP contribution in [0.1, 0.15) is 42.6 Å². The molecule has 2 fully saturated rings. The van der Waals surface area contributed by atoms with Gasteiger partial charge in [-0.3, -0.25) is 9.69 Å². The molecule has 11 heteroatoms. The van der Waals surface area contributed by atoms with E-state index < -0.39 is 18.6 Å². The number of primary amides is 1. The number of carbonyl (C=O) groups excluding carboxylic acids is 1. The van der Waals surface area contributed by atoms with Crippen LogP contribution in [0.4, 0.5) is 30.5 Å². The molecular weight excluding hydrogens is 449 g/mol. The number of nitrogens with one attached hydrogen (secondary N) is 1. The summed E-state index contributed by atoms with van der Waals surface area (Å²) in [4.78, 5) is 24.2. The van der Waals surface area contributed by atoms with E-state index in [1.54, 1.807) is 30.5 Å². The number of piperidine rings is 2. The second-order valence-corrected chi connectivity index (χ2v) is 8.70. The monoisotopic (exact) mass is 478 g/mol. The molecule has 1 aromatic heterocycles. The van der Waals surface area contributed by atoms with Gasteiger partial charge in [0, 0.05) is 31.9 Å². The molecule has 4 rings (SSSR count). The summed E-state index contributed by atoms with van der Waals surface area (Å²) in [5, 5.41) is 3.12. The van der Waals surface area contributed by atoms with E-state index in [2.05, 4.69) is 20.2 Å². The quantitative estimate of drug-likeness (QED) is 0.626. The Labute approximate surface area is 196 Å². The van der Waals surface area contributed by atoms with Gasteiger partial charge in [0.1, 0.15) is 17.7 Å². The number of rotatable bonds is 7. The van der Waals surface area contributed by atoms with E-state index in [9.17, 15) is 18.0 Å². The van der Waals surface area contributed by atoms with Crippen LogP contribution in [0.3, 0.4) is 0 Å². The van der Waals surface area contributed by atoms with Crippen LogP contribution in [-0.2, 0) is 0 Å². The molecule has 3 N–H and O–H groups in total. The van der Waals surface area contributed by atoms with Gasteiger partial charge >= 0.3 is 6.18 Å². The Kier molecular flexibility index (Phi) is 7.40. The molecule has 2 aromatic rings. The van der Waals surface area contributed by atoms with Crippen LogP contribution in [0.25, 0.3) is 0 Å². The average Bonchev–Trinajstić information content (AvgIpc) is 2.81. The number of halogens is 3. The lowest BCUT2D eigenvalue weighted by molar-refractivity contribution is -0.149. The number of nitrogens with zero attached hydrogens (tertiary/aromatic N) is 4. The Morgan fingerprint density at radius 3 is 2.38 bits per heavy atom. The predicted octanol–water partition coefficient (Wildman–Crippen LogP) is 3.71. The maximum atomic E-state index is 12.5. The average molecular weight is 479 g/mol. The normalized spacial score (nSPS) is 18.0. The van der Waals surface area contributed by atoms with Crippen molar-refractivity contribution < 1.29 is 22.7 Å². The summed E-state index contributed by atoms with van der Waals surface area (Å²) in [6.45, 7) is 1.61. The fraction of sp³-hybridized carbons (Fsp3) is 0.522. The Hall–Kier alpha value is -3.08. The number of ether oxygens (including phenoxy) is 1. The van der Waals surface area contributed by atoms with Crippen LogP contribution in [0.5, 0.6) is 5.75 Å². The lowest BCUT2D eigenvalue weighted by Crippen LogP contribution is -2.42. The summed E-state index contributed by atoms with van der Waals surface area (Å²) >= 11 is 0. The SMILES string of the molecule is NC(=O)c1ncc(N2CCCCC2)nc1Nc1ccc(OC2CCN(CC(F)(F)F)CC2)cc1. The van der Waals surface area contributed by atoms with Crippen LogP contribution in [-0.4, -0.2) is 65.8 Å². The highest BCUT2D eigenvalue weighted by atomic mass is 19.4. The van der Waals surface area contributed by atoms with Crippen LogP contribution >= 0.6 is 0 Å². The molecule has 34 heavy (non-hydrogen) atoms. The molecule has 2 saturated heterocycles. The van der Waals surface area contributed by atoms with Crippen molar-refractivity contribution in [2.24, 2.45) is 5.73 Å². The lowest BCUT2D eigenvalue weighted by Gasteiger charge is -2.32. The zero-order chi connectivity index (χ0) is 24.1. The Bertz CT molecular complexity index is 972. The van der Waals surface area contributed by atoms with Gasteiger partial charge in [0.25, 0.3) is 5.91 Å². The molecule has 0 unspecified atom stereocenters. The van der Waals surface area contributed by atoms with E-state index in [0.717, 1.165) is 25.9 Å². The third-order valence-electron chi connectivity index (χ3n) is 6.03. The molecule has 8 nitrogen and oxygen atoms in total. The van der Waals surface area contributed by atoms with Gasteiger partial charge in [-0.1, -0.05) is 0 Å². The Balaban J connectivity index is 1.37. The number of likely N-dealkylation sites (tertiary alicyclic amines) is 1. The van der Waals surface area contributed by atoms with Gasteiger partial charge in [-0.2, -0.15) is 13.2 Å². The summed E-state index contributed by atoms with van der Waals surface area (Å²) < 4.78 is 43.6. The highest BCUT2D eigenvalue weighted by Gasteiger charge is 2.32. The molecule has 2 aliphatic heterocycles. The van der Waals surface area contributed by atoms with Gasteiger partial charge in [0.2, 0.25) is 0 Å². The van der Waals surface area contributed by atoms with Gasteiger partial charge in [-0.05, 0) is 56.4 Å². The first-order valence-electron chi connectivity index (χ1n) is 11.5. The van der Waals surface area contributed by atoms with Gasteiger partial charge < -0.3 is 20.7 Å². The Morgan fingerprint density at radius 1 is 1.09 bits per heavy atom. The summed E-state index contributed by atoms with van der Waals surface area (Å²) in [6.07, 6.45) is 1.71. The summed E-state index contributed by atoms with van der Waals surface area (Å²) in [7, 11) is 0. The standard InChI is InChI=1S/C23H29F3N6O2/c24-23(25,26)15-31-12-8-18(9-13-31)34-17-6-4-16(5-7-17)29-22-20(21(27)33)28-14-19(30-22)32-10-2-1-3-11-32/h4-7,14,18H,1-3,8-13,15H2,(H2,27,33)(H,29,30). The molecule has 2 aliphatic rings. The molecule has 0 atom stereocenters. The van der Waals surface area contributed by atoms with E-state index >= 15 is 0 Å². The topological polar surface area (TPSA) is 96.6 Å². The van der Waals surface area contributed by atoms with Crippen molar-refractivity contribution in [1.29, 1.82) is 0 Å². The number of anilines is 3. The molecule has 0 radical (unpaired) electrons. The summed E-state index contributed by atoms with van der Waals surface area (Å²) in [6, 6.07) is 7.12. The van der Waals surface area contributed by atoms with Crippen molar-refractivity contribution >= 4 is 23.2 Å². The maximum Gasteiger partial charge on any atom is 0.401 e. The van der Waals surface area contributed by atoms with Gasteiger partial charge in [-0.15, -0.1) is 0 Å². The smallest absolute Gasteiger partial charge is 0.401 e. The molecule has 1 aromatic carbocycles. The lowest BCUT2D eigenvalue weighted by atomic mass is 10.1. The molecule has 0 aliphatic carbocycles. The van der Waals surface area contributed by atoms with Gasteiger partial charge in [-0.25, -0.2) is 9.97 Å². The minimum Gasteiger partial charge on any atom is -0.490 e. The number of aromatic nitrogens is 2. The van der Waals surface area contributed by atoms with Crippen molar-refractivity contribution in [3.8, 4) is 5.75 Å². The predicted molar refractivity (Wildman–Crippen MR) is 122 cm³/mol. The summed E-state index contributed by atoms with van der Waals surface area (Å²) in [5.74, 6) is 0.949. The number of carbonyl (C=O) groups is 1. The number of hydrogen-bond acceptors (Lipinski definition) is 7. The van der Waals surface area contributed by atoms with Crippen LogP contribution in [0.15, 0.2) is 30.5 Å². The van der Waals surface area contributed by atoms with Crippen molar-refractivity contribution in [3.63, 3.8) is 0 Å². The number of amides is 1. The minimum atomic E-state index is -4.18. The molecule has 3 heterocycles. The number of benzene rings is 1. The van der Waals surface area contributed by atoms with E-state index in [-0.39, 0.29) is 11.8 Å². The fourth-order valence-electron chi connectivity index (χ4n) is 4.31. The van der Waals surface area contributed by atoms with Crippen molar-refractivity contribution in [2.75, 3.05) is 42.9 Å². The second-order valence-electron chi connectivity index (χ2n) is 8.70. The molecule has 0 saturated carbocycles. The highest BCUT2D eigenvalue weighted by molar-refractivity contribution is 5.96. The van der Waals surface area contributed by atoms with Crippen molar-refractivity contribution in [2.45, 2.75) is 44.4 Å². The molecule has 184 valence electrons. The second kappa shape index (κ2) is 10.5. The first kappa shape index (κ1) is 24.1. The van der Waals surface area contributed by atoms with E-state index in [4.69, 9.17) is 10.5 Å². The molecule has 1 amide bonds. The third-order valence-corrected chi connectivity index (χ3v) is 6.03. The highest BCUT2D eigenvalue weighted by Crippen LogP contribution is 2.26. The van der Waals surface area contributed by atoms with Crippen LogP contribution < -0.4 is 20.7 Å². The largest absolute Gasteiger partial charge is 0.490 e. The number of nitrogens with two attached hydrogens (primary N) is 1. The van der Waals surface area contributed by atoms with Gasteiger partial charge in [0.15, 0.2) is 11.5 Å². The first-order valence-corrected chi connectivity index (χ1v) is 11.5.